The fraction of sp³-hybridized carbons (Fsp3) is 0.583. The number of imide groups is 1. The lowest BCUT2D eigenvalue weighted by Gasteiger charge is -2.13. The van der Waals surface area contributed by atoms with Crippen LogP contribution in [-0.2, 0) is 14.4 Å². The van der Waals surface area contributed by atoms with Crippen LogP contribution in [0.25, 0.3) is 0 Å². The standard InChI is InChI=1S/C12H18N2O3/c1-2-3-8-13-10(15)5-4-9-14-11(16)6-7-12(14)17/h6-7H,2-5,8-9H2,1H3,(H,13,15). The summed E-state index contributed by atoms with van der Waals surface area (Å²) in [5, 5.41) is 2.79. The van der Waals surface area contributed by atoms with Crippen molar-refractivity contribution >= 4 is 17.7 Å². The van der Waals surface area contributed by atoms with Crippen molar-refractivity contribution in [2.24, 2.45) is 0 Å². The topological polar surface area (TPSA) is 66.5 Å². The predicted molar refractivity (Wildman–Crippen MR) is 63.0 cm³/mol. The van der Waals surface area contributed by atoms with Gasteiger partial charge in [0.1, 0.15) is 0 Å². The van der Waals surface area contributed by atoms with Crippen LogP contribution in [0, 0.1) is 0 Å². The molecule has 5 nitrogen and oxygen atoms in total. The maximum Gasteiger partial charge on any atom is 0.253 e. The third-order valence-corrected chi connectivity index (χ3v) is 2.54. The zero-order valence-corrected chi connectivity index (χ0v) is 10.1. The van der Waals surface area contributed by atoms with Gasteiger partial charge in [-0.05, 0) is 12.8 Å². The molecule has 1 heterocycles. The number of hydrogen-bond donors (Lipinski definition) is 1. The summed E-state index contributed by atoms with van der Waals surface area (Å²) in [6.07, 6.45) is 5.38. The summed E-state index contributed by atoms with van der Waals surface area (Å²) in [6.45, 7) is 3.06. The zero-order chi connectivity index (χ0) is 12.7. The molecule has 0 aromatic rings. The number of carbonyl (C=O) groups excluding carboxylic acids is 3. The second kappa shape index (κ2) is 6.83. The molecule has 5 heteroatoms. The van der Waals surface area contributed by atoms with E-state index in [1.54, 1.807) is 0 Å². The predicted octanol–water partition coefficient (Wildman–Crippen LogP) is 0.608. The minimum atomic E-state index is -0.290. The fourth-order valence-corrected chi connectivity index (χ4v) is 1.54. The quantitative estimate of drug-likeness (QED) is 0.522. The molecule has 0 unspecified atom stereocenters. The van der Waals surface area contributed by atoms with E-state index in [0.717, 1.165) is 17.7 Å². The van der Waals surface area contributed by atoms with E-state index in [1.165, 1.54) is 12.2 Å². The maximum absolute atomic E-state index is 11.3. The lowest BCUT2D eigenvalue weighted by Crippen LogP contribution is -2.32. The number of amides is 3. The van der Waals surface area contributed by atoms with Crippen molar-refractivity contribution in [1.29, 1.82) is 0 Å². The van der Waals surface area contributed by atoms with Crippen LogP contribution in [0.2, 0.25) is 0 Å². The molecule has 1 aliphatic rings. The van der Waals surface area contributed by atoms with Crippen molar-refractivity contribution in [2.45, 2.75) is 32.6 Å². The van der Waals surface area contributed by atoms with E-state index in [1.807, 2.05) is 0 Å². The van der Waals surface area contributed by atoms with Crippen molar-refractivity contribution in [3.05, 3.63) is 12.2 Å². The second-order valence-corrected chi connectivity index (χ2v) is 3.97. The first-order chi connectivity index (χ1) is 8.15. The van der Waals surface area contributed by atoms with Gasteiger partial charge < -0.3 is 5.32 Å². The summed E-state index contributed by atoms with van der Waals surface area (Å²) in [5.41, 5.74) is 0. The number of nitrogens with zero attached hydrogens (tertiary/aromatic N) is 1. The molecule has 1 N–H and O–H groups in total. The highest BCUT2D eigenvalue weighted by Gasteiger charge is 2.22. The monoisotopic (exact) mass is 238 g/mol. The average Bonchev–Trinajstić information content (AvgIpc) is 2.61. The minimum Gasteiger partial charge on any atom is -0.356 e. The van der Waals surface area contributed by atoms with Crippen LogP contribution in [0.4, 0.5) is 0 Å². The number of unbranched alkanes of at least 4 members (excludes halogenated alkanes) is 1. The fourth-order valence-electron chi connectivity index (χ4n) is 1.54. The molecular formula is C12H18N2O3. The Bertz CT molecular complexity index is 319. The molecule has 0 aromatic heterocycles. The second-order valence-electron chi connectivity index (χ2n) is 3.97. The third-order valence-electron chi connectivity index (χ3n) is 2.54. The molecule has 0 aromatic carbocycles. The van der Waals surface area contributed by atoms with Gasteiger partial charge in [0.15, 0.2) is 0 Å². The van der Waals surface area contributed by atoms with Crippen molar-refractivity contribution in [1.82, 2.24) is 10.2 Å². The molecule has 94 valence electrons. The molecule has 3 amide bonds. The molecule has 0 bridgehead atoms. The average molecular weight is 238 g/mol. The Hall–Kier alpha value is -1.65. The Morgan fingerprint density at radius 1 is 1.24 bits per heavy atom. The van der Waals surface area contributed by atoms with Gasteiger partial charge in [0.05, 0.1) is 0 Å². The first-order valence-corrected chi connectivity index (χ1v) is 5.95. The highest BCUT2D eigenvalue weighted by molar-refractivity contribution is 6.12. The minimum absolute atomic E-state index is 0.0227. The van der Waals surface area contributed by atoms with Gasteiger partial charge in [-0.2, -0.15) is 0 Å². The molecule has 0 aliphatic carbocycles. The third kappa shape index (κ3) is 4.38. The van der Waals surface area contributed by atoms with Crippen molar-refractivity contribution < 1.29 is 14.4 Å². The zero-order valence-electron chi connectivity index (χ0n) is 10.1. The number of carbonyl (C=O) groups is 3. The lowest BCUT2D eigenvalue weighted by molar-refractivity contribution is -0.137. The highest BCUT2D eigenvalue weighted by Crippen LogP contribution is 2.05. The Labute approximate surface area is 101 Å². The normalized spacial score (nSPS) is 14.5. The van der Waals surface area contributed by atoms with Gasteiger partial charge in [0, 0.05) is 31.7 Å². The van der Waals surface area contributed by atoms with Gasteiger partial charge in [-0.3, -0.25) is 19.3 Å². The van der Waals surface area contributed by atoms with Crippen LogP contribution in [0.3, 0.4) is 0 Å². The number of rotatable bonds is 7. The largest absolute Gasteiger partial charge is 0.356 e. The van der Waals surface area contributed by atoms with Gasteiger partial charge in [0.25, 0.3) is 11.8 Å². The summed E-state index contributed by atoms with van der Waals surface area (Å²) in [7, 11) is 0. The molecule has 0 fully saturated rings. The van der Waals surface area contributed by atoms with Crippen LogP contribution in [0.5, 0.6) is 0 Å². The first-order valence-electron chi connectivity index (χ1n) is 5.95. The van der Waals surface area contributed by atoms with Crippen LogP contribution in [0.1, 0.15) is 32.6 Å². The first kappa shape index (κ1) is 13.4. The van der Waals surface area contributed by atoms with E-state index in [9.17, 15) is 14.4 Å². The molecule has 1 rings (SSSR count). The molecule has 0 radical (unpaired) electrons. The summed E-state index contributed by atoms with van der Waals surface area (Å²) in [6, 6.07) is 0. The Balaban J connectivity index is 2.13. The molecule has 0 spiro atoms. The van der Waals surface area contributed by atoms with E-state index >= 15 is 0 Å². The van der Waals surface area contributed by atoms with Crippen LogP contribution < -0.4 is 5.32 Å². The Kier molecular flexibility index (Phi) is 5.39. The van der Waals surface area contributed by atoms with Crippen molar-refractivity contribution in [3.63, 3.8) is 0 Å². The van der Waals surface area contributed by atoms with E-state index in [-0.39, 0.29) is 17.7 Å². The molecule has 0 saturated heterocycles. The molecule has 17 heavy (non-hydrogen) atoms. The number of hydrogen-bond acceptors (Lipinski definition) is 3. The smallest absolute Gasteiger partial charge is 0.253 e. The van der Waals surface area contributed by atoms with Gasteiger partial charge in [-0.15, -0.1) is 0 Å². The summed E-state index contributed by atoms with van der Waals surface area (Å²) >= 11 is 0. The van der Waals surface area contributed by atoms with E-state index in [2.05, 4.69) is 12.2 Å². The van der Waals surface area contributed by atoms with Crippen molar-refractivity contribution in [3.8, 4) is 0 Å². The van der Waals surface area contributed by atoms with Gasteiger partial charge >= 0.3 is 0 Å². The van der Waals surface area contributed by atoms with E-state index < -0.39 is 0 Å². The molecular weight excluding hydrogens is 220 g/mol. The van der Waals surface area contributed by atoms with Crippen LogP contribution in [0.15, 0.2) is 12.2 Å². The van der Waals surface area contributed by atoms with Gasteiger partial charge in [-0.1, -0.05) is 13.3 Å². The summed E-state index contributed by atoms with van der Waals surface area (Å²) in [4.78, 5) is 34.9. The van der Waals surface area contributed by atoms with Gasteiger partial charge in [0.2, 0.25) is 5.91 Å². The van der Waals surface area contributed by atoms with Crippen LogP contribution in [-0.4, -0.2) is 35.7 Å². The van der Waals surface area contributed by atoms with Gasteiger partial charge in [-0.25, -0.2) is 0 Å². The Morgan fingerprint density at radius 3 is 2.47 bits per heavy atom. The summed E-state index contributed by atoms with van der Waals surface area (Å²) < 4.78 is 0. The van der Waals surface area contributed by atoms with E-state index in [0.29, 0.717) is 25.9 Å². The molecule has 1 aliphatic heterocycles. The number of nitrogens with one attached hydrogen (secondary N) is 1. The summed E-state index contributed by atoms with van der Waals surface area (Å²) in [5.74, 6) is -0.603. The SMILES string of the molecule is CCCCNC(=O)CCCN1C(=O)C=CC1=O. The molecule has 0 atom stereocenters. The lowest BCUT2D eigenvalue weighted by atomic mass is 10.2. The Morgan fingerprint density at radius 2 is 1.88 bits per heavy atom. The maximum atomic E-state index is 11.3. The van der Waals surface area contributed by atoms with E-state index in [4.69, 9.17) is 0 Å². The van der Waals surface area contributed by atoms with Crippen LogP contribution >= 0.6 is 0 Å². The van der Waals surface area contributed by atoms with Crippen molar-refractivity contribution in [2.75, 3.05) is 13.1 Å². The molecule has 0 saturated carbocycles. The highest BCUT2D eigenvalue weighted by atomic mass is 16.2.